The third-order valence-electron chi connectivity index (χ3n) is 7.83. The summed E-state index contributed by atoms with van der Waals surface area (Å²) in [5.74, 6) is -0.494. The number of hydrogen-bond acceptors (Lipinski definition) is 5. The lowest BCUT2D eigenvalue weighted by Gasteiger charge is -2.31. The van der Waals surface area contributed by atoms with E-state index in [1.807, 2.05) is 55.5 Å². The van der Waals surface area contributed by atoms with Crippen LogP contribution in [0.2, 0.25) is 18.6 Å². The Bertz CT molecular complexity index is 1350. The van der Waals surface area contributed by atoms with E-state index in [9.17, 15) is 9.90 Å². The fourth-order valence-corrected chi connectivity index (χ4v) is 9.25. The smallest absolute Gasteiger partial charge is 0.264 e. The normalized spacial score (nSPS) is 25.7. The Balaban J connectivity index is 1.43. The lowest BCUT2D eigenvalue weighted by atomic mass is 9.82. The van der Waals surface area contributed by atoms with E-state index in [-0.39, 0.29) is 11.8 Å². The van der Waals surface area contributed by atoms with Gasteiger partial charge >= 0.3 is 0 Å². The summed E-state index contributed by atoms with van der Waals surface area (Å²) in [6.07, 6.45) is 2.53. The third kappa shape index (κ3) is 4.54. The SMILES string of the molecule is C=CCN1C(=O)[C@]2(O[C@H](CCn3cc([C@H](O)c4ccccc4)nn3)[C@@H]([Si](C)(C)F)[C@@H]2C)c2cc(I)ccc21. The van der Waals surface area contributed by atoms with E-state index in [2.05, 4.69) is 39.5 Å². The average Bonchev–Trinajstić information content (AvgIpc) is 3.54. The second kappa shape index (κ2) is 10.3. The summed E-state index contributed by atoms with van der Waals surface area (Å²) in [4.78, 5) is 15.7. The number of nitrogens with zero attached hydrogens (tertiary/aromatic N) is 4. The number of anilines is 1. The molecule has 0 unspecified atom stereocenters. The fraction of sp³-hybridized carbons (Fsp3) is 0.393. The molecule has 10 heteroatoms. The number of aromatic nitrogens is 3. The van der Waals surface area contributed by atoms with E-state index >= 15 is 4.11 Å². The van der Waals surface area contributed by atoms with Crippen molar-refractivity contribution in [2.75, 3.05) is 11.4 Å². The molecule has 5 rings (SSSR count). The maximum Gasteiger partial charge on any atom is 0.264 e. The van der Waals surface area contributed by atoms with Gasteiger partial charge < -0.3 is 18.9 Å². The molecule has 2 aliphatic rings. The quantitative estimate of drug-likeness (QED) is 0.154. The summed E-state index contributed by atoms with van der Waals surface area (Å²) in [6.45, 7) is 9.97. The van der Waals surface area contributed by atoms with Crippen molar-refractivity contribution >= 4 is 42.6 Å². The minimum Gasteiger partial charge on any atom is -0.382 e. The van der Waals surface area contributed by atoms with Crippen LogP contribution in [0, 0.1) is 9.49 Å². The molecule has 1 amide bonds. The monoisotopic (exact) mass is 646 g/mol. The molecular formula is C28H32FIN4O3Si. The summed E-state index contributed by atoms with van der Waals surface area (Å²) in [7, 11) is -3.25. The molecule has 0 aliphatic carbocycles. The average molecular weight is 647 g/mol. The zero-order valence-electron chi connectivity index (χ0n) is 21.7. The maximum absolute atomic E-state index is 15.9. The van der Waals surface area contributed by atoms with Gasteiger partial charge in [0, 0.05) is 33.7 Å². The predicted octanol–water partition coefficient (Wildman–Crippen LogP) is 5.36. The van der Waals surface area contributed by atoms with Gasteiger partial charge in [-0.3, -0.25) is 9.48 Å². The summed E-state index contributed by atoms with van der Waals surface area (Å²) < 4.78 is 25.3. The molecule has 1 N–H and O–H groups in total. The van der Waals surface area contributed by atoms with E-state index < -0.39 is 31.8 Å². The number of amides is 1. The van der Waals surface area contributed by atoms with Gasteiger partial charge in [-0.15, -0.1) is 11.7 Å². The summed E-state index contributed by atoms with van der Waals surface area (Å²) in [6, 6.07) is 15.2. The molecule has 2 aromatic carbocycles. The maximum atomic E-state index is 15.9. The van der Waals surface area contributed by atoms with Gasteiger partial charge in [0.05, 0.1) is 18.0 Å². The van der Waals surface area contributed by atoms with Crippen LogP contribution in [-0.4, -0.2) is 47.1 Å². The van der Waals surface area contributed by atoms with Crippen LogP contribution in [0.4, 0.5) is 9.80 Å². The highest BCUT2D eigenvalue weighted by Crippen LogP contribution is 2.60. The molecule has 1 aromatic heterocycles. The van der Waals surface area contributed by atoms with Crippen molar-refractivity contribution in [3.8, 4) is 0 Å². The summed E-state index contributed by atoms with van der Waals surface area (Å²) >= 11 is 2.24. The number of aliphatic hydroxyl groups is 1. The number of rotatable bonds is 8. The Morgan fingerprint density at radius 1 is 1.29 bits per heavy atom. The molecule has 3 heterocycles. The number of ether oxygens (including phenoxy) is 1. The van der Waals surface area contributed by atoms with Crippen molar-refractivity contribution in [2.24, 2.45) is 5.92 Å². The summed E-state index contributed by atoms with van der Waals surface area (Å²) in [5, 5.41) is 19.0. The molecular weight excluding hydrogens is 614 g/mol. The molecule has 0 radical (unpaired) electrons. The van der Waals surface area contributed by atoms with Crippen LogP contribution in [0.5, 0.6) is 0 Å². The molecule has 1 saturated heterocycles. The Hall–Kier alpha value is -2.41. The molecule has 0 saturated carbocycles. The highest BCUT2D eigenvalue weighted by Gasteiger charge is 2.66. The van der Waals surface area contributed by atoms with Gasteiger partial charge in [-0.2, -0.15) is 0 Å². The number of hydrogen-bond donors (Lipinski definition) is 1. The van der Waals surface area contributed by atoms with Crippen molar-refractivity contribution in [3.63, 3.8) is 0 Å². The van der Waals surface area contributed by atoms with Crippen LogP contribution in [0.1, 0.15) is 36.3 Å². The first-order valence-corrected chi connectivity index (χ1v) is 16.8. The number of halogens is 2. The first kappa shape index (κ1) is 27.2. The van der Waals surface area contributed by atoms with E-state index in [1.54, 1.807) is 34.9 Å². The molecule has 200 valence electrons. The first-order chi connectivity index (χ1) is 18.1. The minimum atomic E-state index is -3.25. The van der Waals surface area contributed by atoms with E-state index in [0.29, 0.717) is 25.2 Å². The van der Waals surface area contributed by atoms with Crippen LogP contribution in [-0.2, 0) is 21.7 Å². The number of benzene rings is 2. The van der Waals surface area contributed by atoms with Crippen LogP contribution in [0.15, 0.2) is 67.4 Å². The van der Waals surface area contributed by atoms with Crippen LogP contribution in [0.25, 0.3) is 0 Å². The second-order valence-corrected chi connectivity index (χ2v) is 15.7. The topological polar surface area (TPSA) is 80.5 Å². The molecule has 1 spiro atoms. The van der Waals surface area contributed by atoms with Crippen LogP contribution < -0.4 is 4.90 Å². The number of carbonyl (C=O) groups is 1. The standard InChI is InChI=1S/C28H32FIN4O3Si/c1-5-14-34-23-12-11-20(30)16-21(23)28(27(34)36)18(2)26(38(3,4)29)24(37-28)13-15-33-17-22(31-32-33)25(35)19-9-7-6-8-10-19/h5-12,16-18,24-26,35H,1,13-15H2,2-4H3/t18-,24+,25+,26-,28+/m0/s1. The van der Waals surface area contributed by atoms with Gasteiger partial charge in [0.1, 0.15) is 11.8 Å². The van der Waals surface area contributed by atoms with Crippen LogP contribution in [0.3, 0.4) is 0 Å². The Labute approximate surface area is 237 Å². The number of aliphatic hydroxyl groups excluding tert-OH is 1. The number of carbonyl (C=O) groups excluding carboxylic acids is 1. The Morgan fingerprint density at radius 3 is 2.71 bits per heavy atom. The zero-order valence-corrected chi connectivity index (χ0v) is 24.9. The minimum absolute atomic E-state index is 0.151. The largest absolute Gasteiger partial charge is 0.382 e. The Morgan fingerprint density at radius 2 is 2.03 bits per heavy atom. The molecule has 38 heavy (non-hydrogen) atoms. The third-order valence-corrected chi connectivity index (χ3v) is 11.0. The lowest BCUT2D eigenvalue weighted by molar-refractivity contribution is -0.145. The predicted molar refractivity (Wildman–Crippen MR) is 155 cm³/mol. The number of aryl methyl sites for hydroxylation is 1. The van der Waals surface area contributed by atoms with E-state index in [1.165, 1.54) is 0 Å². The lowest BCUT2D eigenvalue weighted by Crippen LogP contribution is -2.45. The molecule has 3 aromatic rings. The van der Waals surface area contributed by atoms with E-state index in [4.69, 9.17) is 4.74 Å². The van der Waals surface area contributed by atoms with Gasteiger partial charge in [-0.1, -0.05) is 48.5 Å². The molecule has 5 atom stereocenters. The van der Waals surface area contributed by atoms with Gasteiger partial charge in [-0.05, 0) is 65.9 Å². The first-order valence-electron chi connectivity index (χ1n) is 12.8. The molecule has 0 bridgehead atoms. The molecule has 1 fully saturated rings. The van der Waals surface area contributed by atoms with Crippen molar-refractivity contribution < 1.29 is 18.7 Å². The van der Waals surface area contributed by atoms with Crippen molar-refractivity contribution in [2.45, 2.75) is 56.3 Å². The number of fused-ring (bicyclic) bond motifs is 2. The fourth-order valence-electron chi connectivity index (χ4n) is 6.21. The highest BCUT2D eigenvalue weighted by molar-refractivity contribution is 14.1. The van der Waals surface area contributed by atoms with Crippen molar-refractivity contribution in [1.82, 2.24) is 15.0 Å². The van der Waals surface area contributed by atoms with Gasteiger partial charge in [0.15, 0.2) is 5.60 Å². The molecule has 2 aliphatic heterocycles. The zero-order chi connectivity index (χ0) is 27.2. The van der Waals surface area contributed by atoms with Gasteiger partial charge in [0.2, 0.25) is 8.41 Å². The second-order valence-electron chi connectivity index (χ2n) is 10.6. The Kier molecular flexibility index (Phi) is 7.35. The van der Waals surface area contributed by atoms with Gasteiger partial charge in [-0.25, -0.2) is 0 Å². The molecule has 7 nitrogen and oxygen atoms in total. The van der Waals surface area contributed by atoms with Crippen LogP contribution >= 0.6 is 22.6 Å². The van der Waals surface area contributed by atoms with Crippen molar-refractivity contribution in [3.05, 3.63) is 87.8 Å². The highest BCUT2D eigenvalue weighted by atomic mass is 127. The summed E-state index contributed by atoms with van der Waals surface area (Å²) in [5.41, 5.74) is 1.16. The van der Waals surface area contributed by atoms with E-state index in [0.717, 1.165) is 20.4 Å². The van der Waals surface area contributed by atoms with Crippen molar-refractivity contribution in [1.29, 1.82) is 0 Å². The van der Waals surface area contributed by atoms with Gasteiger partial charge in [0.25, 0.3) is 5.91 Å².